The van der Waals surface area contributed by atoms with E-state index < -0.39 is 0 Å². The number of nitrogens with zero attached hydrogens (tertiary/aromatic N) is 3. The maximum atomic E-state index is 6.58. The van der Waals surface area contributed by atoms with Crippen molar-refractivity contribution in [3.63, 3.8) is 0 Å². The van der Waals surface area contributed by atoms with Gasteiger partial charge in [-0.15, -0.1) is 11.3 Å². The number of furan rings is 1. The summed E-state index contributed by atoms with van der Waals surface area (Å²) < 4.78 is 9.07. The first-order valence-electron chi connectivity index (χ1n) is 19.2. The van der Waals surface area contributed by atoms with Gasteiger partial charge in [0.15, 0.2) is 11.4 Å². The van der Waals surface area contributed by atoms with Gasteiger partial charge in [-0.2, -0.15) is 0 Å². The van der Waals surface area contributed by atoms with Crippen molar-refractivity contribution in [1.82, 2.24) is 9.97 Å². The highest BCUT2D eigenvalue weighted by Gasteiger charge is 2.28. The third-order valence-electron chi connectivity index (χ3n) is 11.8. The van der Waals surface area contributed by atoms with Gasteiger partial charge in [0.2, 0.25) is 0 Å². The normalized spacial score (nSPS) is 12.5. The standard InChI is InChI=1S/C52H29N3OS/c1-2-12-32-28-44-41(27-31(32)11-1)38-19-9-13-30-14-10-20-43(48(30)38)55(44)42-26-25-39(34-15-3-4-16-35(34)42)52-53-49(51-50(54-52)40-18-5-7-21-45(40)56-51)33-23-24-37-36-17-6-8-22-46(36)57-47(37)29-33/h1-29H. The zero-order chi connectivity index (χ0) is 37.2. The van der Waals surface area contributed by atoms with Crippen LogP contribution in [-0.4, -0.2) is 9.97 Å². The lowest BCUT2D eigenvalue weighted by Crippen LogP contribution is -2.15. The molecule has 13 rings (SSSR count). The summed E-state index contributed by atoms with van der Waals surface area (Å²) in [6.07, 6.45) is 0. The largest absolute Gasteiger partial charge is 0.452 e. The predicted molar refractivity (Wildman–Crippen MR) is 239 cm³/mol. The molecule has 0 radical (unpaired) electrons. The Bertz CT molecular complexity index is 3670. The third kappa shape index (κ3) is 4.43. The Labute approximate surface area is 330 Å². The van der Waals surface area contributed by atoms with Crippen LogP contribution in [0.1, 0.15) is 0 Å². The number of rotatable bonds is 3. The van der Waals surface area contributed by atoms with Crippen LogP contribution in [0.15, 0.2) is 180 Å². The van der Waals surface area contributed by atoms with E-state index in [0.29, 0.717) is 11.4 Å². The number of hydrogen-bond donors (Lipinski definition) is 0. The summed E-state index contributed by atoms with van der Waals surface area (Å²) in [4.78, 5) is 13.2. The number of para-hydroxylation sites is 1. The van der Waals surface area contributed by atoms with Gasteiger partial charge < -0.3 is 9.32 Å². The van der Waals surface area contributed by atoms with E-state index in [1.165, 1.54) is 64.2 Å². The number of thiophene rings is 1. The van der Waals surface area contributed by atoms with Gasteiger partial charge in [0.25, 0.3) is 0 Å². The molecule has 4 nitrogen and oxygen atoms in total. The van der Waals surface area contributed by atoms with E-state index in [4.69, 9.17) is 14.4 Å². The summed E-state index contributed by atoms with van der Waals surface area (Å²) >= 11 is 1.81. The molecule has 264 valence electrons. The van der Waals surface area contributed by atoms with Crippen molar-refractivity contribution >= 4 is 103 Å². The Morgan fingerprint density at radius 3 is 2.05 bits per heavy atom. The second kappa shape index (κ2) is 11.6. The molecule has 0 aliphatic carbocycles. The predicted octanol–water partition coefficient (Wildman–Crippen LogP) is 15.0. The van der Waals surface area contributed by atoms with E-state index in [9.17, 15) is 0 Å². The molecule has 0 bridgehead atoms. The molecule has 0 amide bonds. The first-order valence-corrected chi connectivity index (χ1v) is 20.0. The van der Waals surface area contributed by atoms with E-state index >= 15 is 0 Å². The lowest BCUT2D eigenvalue weighted by molar-refractivity contribution is 0.667. The van der Waals surface area contributed by atoms with Crippen LogP contribution < -0.4 is 4.90 Å². The molecule has 1 aliphatic heterocycles. The summed E-state index contributed by atoms with van der Waals surface area (Å²) in [6, 6.07) is 63.3. The van der Waals surface area contributed by atoms with Crippen LogP contribution in [0.5, 0.6) is 0 Å². The molecule has 0 saturated carbocycles. The monoisotopic (exact) mass is 743 g/mol. The fourth-order valence-corrected chi connectivity index (χ4v) is 10.3. The molecule has 9 aromatic carbocycles. The maximum Gasteiger partial charge on any atom is 0.180 e. The molecule has 3 aromatic heterocycles. The van der Waals surface area contributed by atoms with Gasteiger partial charge in [0.05, 0.1) is 17.1 Å². The minimum Gasteiger partial charge on any atom is -0.452 e. The van der Waals surface area contributed by atoms with Gasteiger partial charge in [-0.05, 0) is 81.7 Å². The van der Waals surface area contributed by atoms with Crippen molar-refractivity contribution in [1.29, 1.82) is 0 Å². The SMILES string of the molecule is c1ccc2cc3c(cc2c1)-c1cccc2cccc(c12)N3c1ccc(-c2nc(-c3ccc4c(c3)sc3ccccc34)c3oc4ccccc4c3n2)c2ccccc12. The van der Waals surface area contributed by atoms with E-state index in [1.807, 2.05) is 29.5 Å². The Morgan fingerprint density at radius 2 is 1.16 bits per heavy atom. The van der Waals surface area contributed by atoms with Crippen molar-refractivity contribution in [2.24, 2.45) is 0 Å². The van der Waals surface area contributed by atoms with Crippen molar-refractivity contribution in [3.8, 4) is 33.8 Å². The summed E-state index contributed by atoms with van der Waals surface area (Å²) in [5.41, 5.74) is 11.0. The van der Waals surface area contributed by atoms with E-state index in [1.54, 1.807) is 0 Å². The molecule has 0 spiro atoms. The number of fused-ring (bicyclic) bond motifs is 10. The summed E-state index contributed by atoms with van der Waals surface area (Å²) in [5.74, 6) is 0.667. The second-order valence-corrected chi connectivity index (χ2v) is 16.0. The molecule has 5 heteroatoms. The molecule has 0 fully saturated rings. The lowest BCUT2D eigenvalue weighted by atomic mass is 9.88. The molecular formula is C52H29N3OS. The average molecular weight is 744 g/mol. The van der Waals surface area contributed by atoms with Gasteiger partial charge in [-0.25, -0.2) is 9.97 Å². The second-order valence-electron chi connectivity index (χ2n) is 14.9. The minimum atomic E-state index is 0.667. The van der Waals surface area contributed by atoms with E-state index in [2.05, 4.69) is 163 Å². The highest BCUT2D eigenvalue weighted by atomic mass is 32.1. The van der Waals surface area contributed by atoms with Crippen LogP contribution in [0.4, 0.5) is 17.1 Å². The summed E-state index contributed by atoms with van der Waals surface area (Å²) in [6.45, 7) is 0. The molecular weight excluding hydrogens is 715 g/mol. The molecule has 0 saturated heterocycles. The zero-order valence-electron chi connectivity index (χ0n) is 30.4. The average Bonchev–Trinajstić information content (AvgIpc) is 3.84. The molecule has 0 unspecified atom stereocenters. The van der Waals surface area contributed by atoms with Crippen molar-refractivity contribution < 1.29 is 4.42 Å². The van der Waals surface area contributed by atoms with Crippen LogP contribution >= 0.6 is 11.3 Å². The van der Waals surface area contributed by atoms with Gasteiger partial charge >= 0.3 is 0 Å². The topological polar surface area (TPSA) is 42.2 Å². The smallest absolute Gasteiger partial charge is 0.180 e. The molecule has 4 heterocycles. The number of anilines is 3. The highest BCUT2D eigenvalue weighted by Crippen LogP contribution is 2.53. The fourth-order valence-electron chi connectivity index (χ4n) is 9.20. The molecule has 1 aliphatic rings. The quantitative estimate of drug-likeness (QED) is 0.181. The highest BCUT2D eigenvalue weighted by molar-refractivity contribution is 7.25. The minimum absolute atomic E-state index is 0.667. The summed E-state index contributed by atoms with van der Waals surface area (Å²) in [7, 11) is 0. The first-order chi connectivity index (χ1) is 28.2. The number of benzene rings is 9. The number of hydrogen-bond acceptors (Lipinski definition) is 5. The Hall–Kier alpha value is -7.34. The van der Waals surface area contributed by atoms with Crippen LogP contribution in [0, 0.1) is 0 Å². The lowest BCUT2D eigenvalue weighted by Gasteiger charge is -2.34. The van der Waals surface area contributed by atoms with Crippen LogP contribution in [-0.2, 0) is 0 Å². The third-order valence-corrected chi connectivity index (χ3v) is 12.9. The number of aromatic nitrogens is 2. The molecule has 12 aromatic rings. The molecule has 0 N–H and O–H groups in total. The Kier molecular flexibility index (Phi) is 6.29. The van der Waals surface area contributed by atoms with Gasteiger partial charge in [0.1, 0.15) is 16.8 Å². The van der Waals surface area contributed by atoms with E-state index in [0.717, 1.165) is 49.8 Å². The Morgan fingerprint density at radius 1 is 0.439 bits per heavy atom. The van der Waals surface area contributed by atoms with Gasteiger partial charge in [-0.1, -0.05) is 121 Å². The van der Waals surface area contributed by atoms with Crippen LogP contribution in [0.2, 0.25) is 0 Å². The first kappa shape index (κ1) is 30.9. The summed E-state index contributed by atoms with van der Waals surface area (Å²) in [5, 5.41) is 10.6. The van der Waals surface area contributed by atoms with Crippen molar-refractivity contribution in [2.45, 2.75) is 0 Å². The maximum absolute atomic E-state index is 6.58. The van der Waals surface area contributed by atoms with Gasteiger partial charge in [-0.3, -0.25) is 0 Å². The van der Waals surface area contributed by atoms with Crippen LogP contribution in [0.25, 0.3) is 108 Å². The van der Waals surface area contributed by atoms with Crippen molar-refractivity contribution in [3.05, 3.63) is 176 Å². The Balaban J connectivity index is 1.06. The van der Waals surface area contributed by atoms with Crippen LogP contribution in [0.3, 0.4) is 0 Å². The van der Waals surface area contributed by atoms with Gasteiger partial charge in [0, 0.05) is 53.0 Å². The molecule has 0 atom stereocenters. The van der Waals surface area contributed by atoms with E-state index in [-0.39, 0.29) is 0 Å². The molecule has 57 heavy (non-hydrogen) atoms. The zero-order valence-corrected chi connectivity index (χ0v) is 31.2. The fraction of sp³-hybridized carbons (Fsp3) is 0. The van der Waals surface area contributed by atoms with Crippen molar-refractivity contribution in [2.75, 3.05) is 4.90 Å².